The Balaban J connectivity index is 1.43. The zero-order valence-corrected chi connectivity index (χ0v) is 12.9. The molecule has 0 radical (unpaired) electrons. The summed E-state index contributed by atoms with van der Waals surface area (Å²) in [6, 6.07) is 8.46. The third-order valence-corrected chi connectivity index (χ3v) is 4.67. The van der Waals surface area contributed by atoms with Crippen molar-refractivity contribution in [1.82, 2.24) is 30.4 Å². The number of nitrogens with one attached hydrogen (secondary N) is 1. The molecule has 0 bridgehead atoms. The number of hydrogen-bond acceptors (Lipinski definition) is 5. The molecule has 2 aliphatic rings. The minimum Gasteiger partial charge on any atom is -0.349 e. The van der Waals surface area contributed by atoms with Gasteiger partial charge in [0.2, 0.25) is 0 Å². The van der Waals surface area contributed by atoms with Crippen LogP contribution in [0.3, 0.4) is 0 Å². The number of carbonyl (C=O) groups is 1. The summed E-state index contributed by atoms with van der Waals surface area (Å²) in [6.45, 7) is 2.18. The topological polar surface area (TPSA) is 75.9 Å². The van der Waals surface area contributed by atoms with Crippen molar-refractivity contribution in [3.63, 3.8) is 0 Å². The van der Waals surface area contributed by atoms with Crippen molar-refractivity contribution in [2.24, 2.45) is 0 Å². The molecule has 0 atom stereocenters. The van der Waals surface area contributed by atoms with Crippen molar-refractivity contribution in [2.75, 3.05) is 13.1 Å². The number of para-hydroxylation sites is 1. The first-order valence-electron chi connectivity index (χ1n) is 8.18. The summed E-state index contributed by atoms with van der Waals surface area (Å²) in [4.78, 5) is 15.2. The third-order valence-electron chi connectivity index (χ3n) is 4.67. The molecule has 2 fully saturated rings. The summed E-state index contributed by atoms with van der Waals surface area (Å²) in [5.74, 6) is -0.0547. The van der Waals surface area contributed by atoms with Gasteiger partial charge in [0.05, 0.1) is 11.3 Å². The van der Waals surface area contributed by atoms with Crippen molar-refractivity contribution in [3.8, 4) is 5.69 Å². The fourth-order valence-electron chi connectivity index (χ4n) is 3.25. The van der Waals surface area contributed by atoms with E-state index < -0.39 is 0 Å². The Morgan fingerprint density at radius 1 is 1.13 bits per heavy atom. The van der Waals surface area contributed by atoms with Crippen molar-refractivity contribution in [1.29, 1.82) is 0 Å². The van der Waals surface area contributed by atoms with Gasteiger partial charge in [-0.15, -0.1) is 5.10 Å². The number of carbonyl (C=O) groups excluding carboxylic acids is 1. The maximum atomic E-state index is 12.7. The van der Waals surface area contributed by atoms with Crippen LogP contribution in [0.2, 0.25) is 0 Å². The second kappa shape index (κ2) is 6.08. The summed E-state index contributed by atoms with van der Waals surface area (Å²) in [6.07, 6.45) is 6.23. The molecule has 1 saturated carbocycles. The van der Waals surface area contributed by atoms with E-state index in [4.69, 9.17) is 0 Å². The van der Waals surface area contributed by atoms with Crippen molar-refractivity contribution in [3.05, 3.63) is 36.2 Å². The van der Waals surface area contributed by atoms with Crippen LogP contribution in [0.15, 0.2) is 30.6 Å². The number of benzene rings is 1. The maximum Gasteiger partial charge on any atom is 0.253 e. The molecule has 0 unspecified atom stereocenters. The molecule has 0 spiro atoms. The van der Waals surface area contributed by atoms with Crippen LogP contribution in [0.5, 0.6) is 0 Å². The molecule has 1 saturated heterocycles. The Morgan fingerprint density at radius 2 is 1.91 bits per heavy atom. The number of likely N-dealkylation sites (tertiary alicyclic amines) is 1. The fraction of sp³-hybridized carbons (Fsp3) is 0.500. The van der Waals surface area contributed by atoms with Gasteiger partial charge in [-0.3, -0.25) is 4.79 Å². The summed E-state index contributed by atoms with van der Waals surface area (Å²) in [5, 5.41) is 14.3. The Morgan fingerprint density at radius 3 is 2.61 bits per heavy atom. The second-order valence-electron chi connectivity index (χ2n) is 6.29. The van der Waals surface area contributed by atoms with Gasteiger partial charge in [-0.2, -0.15) is 4.68 Å². The third kappa shape index (κ3) is 3.10. The van der Waals surface area contributed by atoms with Crippen LogP contribution in [0.4, 0.5) is 0 Å². The van der Waals surface area contributed by atoms with Crippen LogP contribution in [-0.4, -0.2) is 56.2 Å². The Hall–Kier alpha value is -2.28. The van der Waals surface area contributed by atoms with Gasteiger partial charge in [0.25, 0.3) is 5.91 Å². The highest BCUT2D eigenvalue weighted by Crippen LogP contribution is 2.29. The van der Waals surface area contributed by atoms with Gasteiger partial charge in [0, 0.05) is 25.2 Å². The first kappa shape index (κ1) is 14.3. The predicted molar refractivity (Wildman–Crippen MR) is 84.2 cm³/mol. The first-order chi connectivity index (χ1) is 11.3. The molecular formula is C16H20N6O. The molecule has 4 rings (SSSR count). The molecule has 7 heteroatoms. The zero-order chi connectivity index (χ0) is 15.6. The fourth-order valence-corrected chi connectivity index (χ4v) is 3.25. The molecule has 120 valence electrons. The molecule has 7 nitrogen and oxygen atoms in total. The highest BCUT2D eigenvalue weighted by molar-refractivity contribution is 5.97. The van der Waals surface area contributed by atoms with Crippen LogP contribution in [0, 0.1) is 0 Å². The number of amides is 1. The molecule has 1 aliphatic carbocycles. The van der Waals surface area contributed by atoms with E-state index in [0.29, 0.717) is 11.3 Å². The molecule has 1 aromatic carbocycles. The molecule has 23 heavy (non-hydrogen) atoms. The van der Waals surface area contributed by atoms with Gasteiger partial charge in [-0.05, 0) is 48.2 Å². The number of nitrogens with zero attached hydrogens (tertiary/aromatic N) is 5. The average molecular weight is 312 g/mol. The average Bonchev–Trinajstić information content (AvgIpc) is 3.30. The molecule has 1 aliphatic heterocycles. The van der Waals surface area contributed by atoms with Crippen LogP contribution in [0.25, 0.3) is 5.69 Å². The lowest BCUT2D eigenvalue weighted by molar-refractivity contribution is 0.0909. The van der Waals surface area contributed by atoms with E-state index in [-0.39, 0.29) is 11.9 Å². The molecular weight excluding hydrogens is 292 g/mol. The van der Waals surface area contributed by atoms with Crippen LogP contribution >= 0.6 is 0 Å². The minimum absolute atomic E-state index is 0.0547. The minimum atomic E-state index is -0.0547. The van der Waals surface area contributed by atoms with Gasteiger partial charge in [0.15, 0.2) is 0 Å². The van der Waals surface area contributed by atoms with Gasteiger partial charge < -0.3 is 10.2 Å². The quantitative estimate of drug-likeness (QED) is 0.912. The Bertz CT molecular complexity index is 674. The summed E-state index contributed by atoms with van der Waals surface area (Å²) >= 11 is 0. The second-order valence-corrected chi connectivity index (χ2v) is 6.29. The van der Waals surface area contributed by atoms with Crippen LogP contribution < -0.4 is 5.32 Å². The van der Waals surface area contributed by atoms with Crippen LogP contribution in [0.1, 0.15) is 36.0 Å². The van der Waals surface area contributed by atoms with Crippen molar-refractivity contribution >= 4 is 5.91 Å². The highest BCUT2D eigenvalue weighted by Gasteiger charge is 2.32. The molecule has 2 heterocycles. The van der Waals surface area contributed by atoms with Gasteiger partial charge in [-0.1, -0.05) is 12.1 Å². The van der Waals surface area contributed by atoms with E-state index in [9.17, 15) is 4.79 Å². The van der Waals surface area contributed by atoms with Crippen molar-refractivity contribution < 1.29 is 4.79 Å². The van der Waals surface area contributed by atoms with Crippen LogP contribution in [-0.2, 0) is 0 Å². The van der Waals surface area contributed by atoms with E-state index in [1.807, 2.05) is 24.3 Å². The largest absolute Gasteiger partial charge is 0.349 e. The lowest BCUT2D eigenvalue weighted by Gasteiger charge is -2.32. The summed E-state index contributed by atoms with van der Waals surface area (Å²) in [5.41, 5.74) is 1.30. The van der Waals surface area contributed by atoms with Gasteiger partial charge in [-0.25, -0.2) is 0 Å². The monoisotopic (exact) mass is 312 g/mol. The summed E-state index contributed by atoms with van der Waals surface area (Å²) in [7, 11) is 0. The highest BCUT2D eigenvalue weighted by atomic mass is 16.1. The first-order valence-corrected chi connectivity index (χ1v) is 8.18. The zero-order valence-electron chi connectivity index (χ0n) is 12.9. The standard InChI is InChI=1S/C16H20N6O/c23-16(18-12-7-9-21(10-8-12)13-5-6-13)14-3-1-2-4-15(14)22-11-17-19-20-22/h1-4,11-13H,5-10H2,(H,18,23). The predicted octanol–water partition coefficient (Wildman–Crippen LogP) is 1.02. The Kier molecular flexibility index (Phi) is 3.78. The smallest absolute Gasteiger partial charge is 0.253 e. The number of tetrazole rings is 1. The molecule has 1 amide bonds. The lowest BCUT2D eigenvalue weighted by Crippen LogP contribution is -2.45. The normalized spacial score (nSPS) is 19.7. The Labute approximate surface area is 134 Å². The van der Waals surface area contributed by atoms with E-state index in [0.717, 1.165) is 32.0 Å². The van der Waals surface area contributed by atoms with Gasteiger partial charge >= 0.3 is 0 Å². The maximum absolute atomic E-state index is 12.7. The SMILES string of the molecule is O=C(NC1CCN(C2CC2)CC1)c1ccccc1-n1cnnn1. The number of rotatable bonds is 4. The number of aromatic nitrogens is 4. The lowest BCUT2D eigenvalue weighted by atomic mass is 10.0. The van der Waals surface area contributed by atoms with E-state index in [1.54, 1.807) is 0 Å². The van der Waals surface area contributed by atoms with Gasteiger partial charge in [0.1, 0.15) is 6.33 Å². The van der Waals surface area contributed by atoms with Crippen molar-refractivity contribution in [2.45, 2.75) is 37.8 Å². The van der Waals surface area contributed by atoms with E-state index >= 15 is 0 Å². The summed E-state index contributed by atoms with van der Waals surface area (Å²) < 4.78 is 1.52. The van der Waals surface area contributed by atoms with E-state index in [2.05, 4.69) is 25.7 Å². The molecule has 2 aromatic rings. The molecule has 1 N–H and O–H groups in total. The van der Waals surface area contributed by atoms with E-state index in [1.165, 1.54) is 23.9 Å². The molecule has 1 aromatic heterocycles. The number of hydrogen-bond donors (Lipinski definition) is 1. The number of piperidine rings is 1.